The molecule has 0 radical (unpaired) electrons. The summed E-state index contributed by atoms with van der Waals surface area (Å²) < 4.78 is 13.5. The van der Waals surface area contributed by atoms with Crippen LogP contribution in [0.3, 0.4) is 0 Å². The second kappa shape index (κ2) is 4.36. The van der Waals surface area contributed by atoms with Gasteiger partial charge in [-0.2, -0.15) is 0 Å². The summed E-state index contributed by atoms with van der Waals surface area (Å²) in [5.41, 5.74) is 0.575. The number of aryl methyl sites for hydroxylation is 1. The van der Waals surface area contributed by atoms with Crippen molar-refractivity contribution in [2.75, 3.05) is 0 Å². The molecular formula is C12H8ClFOS. The molecule has 4 heteroatoms. The molecule has 1 aromatic heterocycles. The molecule has 0 bridgehead atoms. The third-order valence-corrected chi connectivity index (χ3v) is 3.27. The maximum atomic E-state index is 13.5. The molecule has 0 unspecified atom stereocenters. The molecule has 1 aromatic carbocycles. The van der Waals surface area contributed by atoms with Gasteiger partial charge in [0.15, 0.2) is 5.78 Å². The highest BCUT2D eigenvalue weighted by molar-refractivity contribution is 7.10. The first-order valence-electron chi connectivity index (χ1n) is 4.63. The van der Waals surface area contributed by atoms with Gasteiger partial charge in [0.1, 0.15) is 5.82 Å². The van der Waals surface area contributed by atoms with Crippen molar-refractivity contribution in [3.05, 3.63) is 56.5 Å². The van der Waals surface area contributed by atoms with Crippen LogP contribution in [0.2, 0.25) is 5.02 Å². The SMILES string of the molecule is Cc1cc(C(=O)c2ccc(Cl)cc2F)cs1. The highest BCUT2D eigenvalue weighted by Crippen LogP contribution is 2.21. The van der Waals surface area contributed by atoms with Crippen LogP contribution >= 0.6 is 22.9 Å². The molecule has 0 aliphatic carbocycles. The molecule has 0 atom stereocenters. The Bertz CT molecular complexity index is 548. The van der Waals surface area contributed by atoms with Gasteiger partial charge in [-0.3, -0.25) is 4.79 Å². The number of rotatable bonds is 2. The van der Waals surface area contributed by atoms with Crippen LogP contribution in [0.25, 0.3) is 0 Å². The topological polar surface area (TPSA) is 17.1 Å². The smallest absolute Gasteiger partial charge is 0.196 e. The van der Waals surface area contributed by atoms with E-state index in [1.165, 1.54) is 23.5 Å². The van der Waals surface area contributed by atoms with Crippen molar-refractivity contribution in [3.8, 4) is 0 Å². The highest BCUT2D eigenvalue weighted by Gasteiger charge is 2.15. The van der Waals surface area contributed by atoms with Crippen LogP contribution in [0.5, 0.6) is 0 Å². The van der Waals surface area contributed by atoms with E-state index >= 15 is 0 Å². The van der Waals surface area contributed by atoms with Gasteiger partial charge in [-0.15, -0.1) is 11.3 Å². The number of ketones is 1. The van der Waals surface area contributed by atoms with Gasteiger partial charge >= 0.3 is 0 Å². The summed E-state index contributed by atoms with van der Waals surface area (Å²) in [7, 11) is 0. The Morgan fingerprint density at radius 2 is 2.12 bits per heavy atom. The van der Waals surface area contributed by atoms with Gasteiger partial charge in [0, 0.05) is 20.8 Å². The van der Waals surface area contributed by atoms with Gasteiger partial charge < -0.3 is 0 Å². The lowest BCUT2D eigenvalue weighted by molar-refractivity contribution is 0.103. The van der Waals surface area contributed by atoms with E-state index in [0.29, 0.717) is 5.56 Å². The standard InChI is InChI=1S/C12H8ClFOS/c1-7-4-8(6-16-7)12(15)10-3-2-9(13)5-11(10)14/h2-6H,1H3. The number of hydrogen-bond acceptors (Lipinski definition) is 2. The van der Waals surface area contributed by atoms with E-state index in [-0.39, 0.29) is 16.4 Å². The molecule has 0 aliphatic rings. The fourth-order valence-electron chi connectivity index (χ4n) is 1.39. The molecule has 2 rings (SSSR count). The number of carbonyl (C=O) groups is 1. The molecule has 0 saturated carbocycles. The monoisotopic (exact) mass is 254 g/mol. The first kappa shape index (κ1) is 11.3. The van der Waals surface area contributed by atoms with Crippen LogP contribution in [0.1, 0.15) is 20.8 Å². The van der Waals surface area contributed by atoms with Gasteiger partial charge in [-0.25, -0.2) is 4.39 Å². The predicted molar refractivity (Wildman–Crippen MR) is 63.9 cm³/mol. The molecule has 0 amide bonds. The van der Waals surface area contributed by atoms with E-state index in [2.05, 4.69) is 0 Å². The van der Waals surface area contributed by atoms with Crippen LogP contribution < -0.4 is 0 Å². The van der Waals surface area contributed by atoms with Crippen molar-refractivity contribution in [3.63, 3.8) is 0 Å². The fourth-order valence-corrected chi connectivity index (χ4v) is 2.23. The molecule has 0 saturated heterocycles. The van der Waals surface area contributed by atoms with Crippen LogP contribution in [-0.4, -0.2) is 5.78 Å². The van der Waals surface area contributed by atoms with E-state index < -0.39 is 5.82 Å². The minimum Gasteiger partial charge on any atom is -0.288 e. The van der Waals surface area contributed by atoms with E-state index in [1.54, 1.807) is 11.4 Å². The van der Waals surface area contributed by atoms with Gasteiger partial charge in [0.2, 0.25) is 0 Å². The van der Waals surface area contributed by atoms with Crippen molar-refractivity contribution in [1.29, 1.82) is 0 Å². The third-order valence-electron chi connectivity index (χ3n) is 2.17. The highest BCUT2D eigenvalue weighted by atomic mass is 35.5. The zero-order chi connectivity index (χ0) is 11.7. The van der Waals surface area contributed by atoms with Crippen molar-refractivity contribution in [2.24, 2.45) is 0 Å². The first-order chi connectivity index (χ1) is 7.58. The minimum absolute atomic E-state index is 0.0576. The molecule has 16 heavy (non-hydrogen) atoms. The van der Waals surface area contributed by atoms with Crippen molar-refractivity contribution >= 4 is 28.7 Å². The second-order valence-corrected chi connectivity index (χ2v) is 4.95. The van der Waals surface area contributed by atoms with Crippen molar-refractivity contribution < 1.29 is 9.18 Å². The van der Waals surface area contributed by atoms with Crippen LogP contribution in [0, 0.1) is 12.7 Å². The lowest BCUT2D eigenvalue weighted by Crippen LogP contribution is -2.02. The van der Waals surface area contributed by atoms with E-state index in [0.717, 1.165) is 10.9 Å². The minimum atomic E-state index is -0.582. The largest absolute Gasteiger partial charge is 0.288 e. The maximum Gasteiger partial charge on any atom is 0.196 e. The Hall–Kier alpha value is -1.19. The summed E-state index contributed by atoms with van der Waals surface area (Å²) in [5, 5.41) is 2.02. The molecule has 0 aliphatic heterocycles. The Morgan fingerprint density at radius 1 is 1.38 bits per heavy atom. The fraction of sp³-hybridized carbons (Fsp3) is 0.0833. The maximum absolute atomic E-state index is 13.5. The average Bonchev–Trinajstić information content (AvgIpc) is 2.64. The molecule has 0 spiro atoms. The van der Waals surface area contributed by atoms with Gasteiger partial charge in [0.25, 0.3) is 0 Å². The number of carbonyl (C=O) groups excluding carboxylic acids is 1. The van der Waals surface area contributed by atoms with Gasteiger partial charge in [-0.1, -0.05) is 11.6 Å². The summed E-state index contributed by atoms with van der Waals surface area (Å²) in [6.07, 6.45) is 0. The summed E-state index contributed by atoms with van der Waals surface area (Å²) in [4.78, 5) is 12.9. The summed E-state index contributed by atoms with van der Waals surface area (Å²) >= 11 is 7.09. The Morgan fingerprint density at radius 3 is 2.69 bits per heavy atom. The lowest BCUT2D eigenvalue weighted by atomic mass is 10.1. The number of halogens is 2. The number of benzene rings is 1. The van der Waals surface area contributed by atoms with Crippen LogP contribution in [0.15, 0.2) is 29.6 Å². The molecule has 1 nitrogen and oxygen atoms in total. The normalized spacial score (nSPS) is 10.4. The molecule has 82 valence electrons. The molecule has 2 aromatic rings. The second-order valence-electron chi connectivity index (χ2n) is 3.40. The third kappa shape index (κ3) is 2.15. The molecular weight excluding hydrogens is 247 g/mol. The average molecular weight is 255 g/mol. The van der Waals surface area contributed by atoms with E-state index in [4.69, 9.17) is 11.6 Å². The van der Waals surface area contributed by atoms with Crippen molar-refractivity contribution in [1.82, 2.24) is 0 Å². The van der Waals surface area contributed by atoms with Gasteiger partial charge in [0.05, 0.1) is 5.56 Å². The van der Waals surface area contributed by atoms with Crippen molar-refractivity contribution in [2.45, 2.75) is 6.92 Å². The summed E-state index contributed by atoms with van der Waals surface area (Å²) in [6, 6.07) is 5.82. The Balaban J connectivity index is 2.41. The number of hydrogen-bond donors (Lipinski definition) is 0. The Labute approximate surface area is 101 Å². The zero-order valence-electron chi connectivity index (χ0n) is 8.46. The molecule has 0 fully saturated rings. The van der Waals surface area contributed by atoms with E-state index in [9.17, 15) is 9.18 Å². The lowest BCUT2D eigenvalue weighted by Gasteiger charge is -2.00. The zero-order valence-corrected chi connectivity index (χ0v) is 10.0. The van der Waals surface area contributed by atoms with Gasteiger partial charge in [-0.05, 0) is 31.2 Å². The quantitative estimate of drug-likeness (QED) is 0.738. The van der Waals surface area contributed by atoms with Crippen LogP contribution in [0.4, 0.5) is 4.39 Å². The predicted octanol–water partition coefficient (Wildman–Crippen LogP) is 4.08. The Kier molecular flexibility index (Phi) is 3.08. The summed E-state index contributed by atoms with van der Waals surface area (Å²) in [6.45, 7) is 1.90. The summed E-state index contributed by atoms with van der Waals surface area (Å²) in [5.74, 6) is -0.889. The molecule has 0 N–H and O–H groups in total. The number of thiophene rings is 1. The van der Waals surface area contributed by atoms with E-state index in [1.807, 2.05) is 6.92 Å². The van der Waals surface area contributed by atoms with Crippen LogP contribution in [-0.2, 0) is 0 Å². The first-order valence-corrected chi connectivity index (χ1v) is 5.88. The molecule has 1 heterocycles.